The predicted molar refractivity (Wildman–Crippen MR) is 116 cm³/mol. The highest BCUT2D eigenvalue weighted by Crippen LogP contribution is 2.33. The SMILES string of the molecule is CC(C)CN(Cc1nc2cccnc2n1C1CCCC1)C(=O)c1ccc(Cl)cc1. The van der Waals surface area contributed by atoms with Gasteiger partial charge < -0.3 is 9.47 Å². The molecule has 1 saturated carbocycles. The van der Waals surface area contributed by atoms with E-state index in [0.717, 1.165) is 29.8 Å². The van der Waals surface area contributed by atoms with Crippen LogP contribution in [0.25, 0.3) is 11.2 Å². The van der Waals surface area contributed by atoms with Crippen molar-refractivity contribution in [3.05, 3.63) is 59.0 Å². The van der Waals surface area contributed by atoms with Gasteiger partial charge in [-0.1, -0.05) is 38.3 Å². The lowest BCUT2D eigenvalue weighted by atomic mass is 10.1. The maximum Gasteiger partial charge on any atom is 0.254 e. The van der Waals surface area contributed by atoms with Crippen molar-refractivity contribution in [3.63, 3.8) is 0 Å². The lowest BCUT2D eigenvalue weighted by molar-refractivity contribution is 0.0715. The van der Waals surface area contributed by atoms with Gasteiger partial charge in [-0.3, -0.25) is 4.79 Å². The van der Waals surface area contributed by atoms with Gasteiger partial charge in [0.05, 0.1) is 6.54 Å². The molecule has 1 aromatic carbocycles. The van der Waals surface area contributed by atoms with E-state index in [2.05, 4.69) is 23.4 Å². The molecule has 0 radical (unpaired) electrons. The molecule has 0 N–H and O–H groups in total. The molecule has 2 heterocycles. The third-order valence-corrected chi connectivity index (χ3v) is 5.76. The first kappa shape index (κ1) is 19.9. The zero-order chi connectivity index (χ0) is 20.4. The molecule has 2 aromatic heterocycles. The minimum atomic E-state index is 0.00774. The summed E-state index contributed by atoms with van der Waals surface area (Å²) in [6, 6.07) is 11.4. The van der Waals surface area contributed by atoms with Gasteiger partial charge >= 0.3 is 0 Å². The molecule has 0 spiro atoms. The number of aromatic nitrogens is 3. The van der Waals surface area contributed by atoms with Gasteiger partial charge in [0, 0.05) is 29.4 Å². The number of carbonyl (C=O) groups excluding carboxylic acids is 1. The molecule has 0 unspecified atom stereocenters. The predicted octanol–water partition coefficient (Wildman–Crippen LogP) is 5.50. The molecule has 0 saturated heterocycles. The monoisotopic (exact) mass is 410 g/mol. The summed E-state index contributed by atoms with van der Waals surface area (Å²) >= 11 is 6.00. The van der Waals surface area contributed by atoms with E-state index >= 15 is 0 Å². The smallest absolute Gasteiger partial charge is 0.254 e. The Hall–Kier alpha value is -2.40. The molecule has 1 aliphatic carbocycles. The summed E-state index contributed by atoms with van der Waals surface area (Å²) in [5.41, 5.74) is 2.48. The molecule has 1 amide bonds. The van der Waals surface area contributed by atoms with Gasteiger partial charge in [0.2, 0.25) is 0 Å². The van der Waals surface area contributed by atoms with Crippen LogP contribution in [-0.2, 0) is 6.54 Å². The number of pyridine rings is 1. The highest BCUT2D eigenvalue weighted by molar-refractivity contribution is 6.30. The maximum atomic E-state index is 13.3. The van der Waals surface area contributed by atoms with Crippen molar-refractivity contribution in [3.8, 4) is 0 Å². The molecule has 3 aromatic rings. The van der Waals surface area contributed by atoms with Crippen LogP contribution in [0.2, 0.25) is 5.02 Å². The van der Waals surface area contributed by atoms with Gasteiger partial charge in [0.1, 0.15) is 11.3 Å². The Balaban J connectivity index is 1.70. The Kier molecular flexibility index (Phi) is 5.86. The van der Waals surface area contributed by atoms with Crippen molar-refractivity contribution in [2.45, 2.75) is 52.1 Å². The number of imidazole rings is 1. The Bertz CT molecular complexity index is 990. The summed E-state index contributed by atoms with van der Waals surface area (Å²) in [7, 11) is 0. The zero-order valence-corrected chi connectivity index (χ0v) is 17.8. The zero-order valence-electron chi connectivity index (χ0n) is 17.0. The molecule has 152 valence electrons. The normalized spacial score (nSPS) is 14.8. The second-order valence-corrected chi connectivity index (χ2v) is 8.71. The summed E-state index contributed by atoms with van der Waals surface area (Å²) in [6.45, 7) is 5.41. The van der Waals surface area contributed by atoms with Gasteiger partial charge in [-0.2, -0.15) is 0 Å². The van der Waals surface area contributed by atoms with Crippen LogP contribution in [0.1, 0.15) is 61.8 Å². The fourth-order valence-electron chi connectivity index (χ4n) is 4.24. The number of amides is 1. The van der Waals surface area contributed by atoms with E-state index in [1.807, 2.05) is 23.2 Å². The largest absolute Gasteiger partial charge is 0.331 e. The molecule has 5 nitrogen and oxygen atoms in total. The average Bonchev–Trinajstić information content (AvgIpc) is 3.34. The molecule has 1 fully saturated rings. The minimum absolute atomic E-state index is 0.00774. The highest BCUT2D eigenvalue weighted by atomic mass is 35.5. The molecule has 0 aliphatic heterocycles. The second-order valence-electron chi connectivity index (χ2n) is 8.27. The van der Waals surface area contributed by atoms with Gasteiger partial charge in [0.25, 0.3) is 5.91 Å². The number of halogens is 1. The van der Waals surface area contributed by atoms with E-state index < -0.39 is 0 Å². The summed E-state index contributed by atoms with van der Waals surface area (Å²) in [5.74, 6) is 1.29. The van der Waals surface area contributed by atoms with Crippen LogP contribution >= 0.6 is 11.6 Å². The van der Waals surface area contributed by atoms with E-state index in [1.165, 1.54) is 12.8 Å². The minimum Gasteiger partial charge on any atom is -0.331 e. The van der Waals surface area contributed by atoms with Crippen molar-refractivity contribution in [1.82, 2.24) is 19.4 Å². The van der Waals surface area contributed by atoms with E-state index in [4.69, 9.17) is 16.6 Å². The van der Waals surface area contributed by atoms with Crippen LogP contribution in [0.3, 0.4) is 0 Å². The first-order chi connectivity index (χ1) is 14.0. The molecule has 0 bridgehead atoms. The van der Waals surface area contributed by atoms with Gasteiger partial charge in [0.15, 0.2) is 5.65 Å². The number of fused-ring (bicyclic) bond motifs is 1. The van der Waals surface area contributed by atoms with Crippen LogP contribution in [0.4, 0.5) is 0 Å². The van der Waals surface area contributed by atoms with Gasteiger partial charge in [-0.15, -0.1) is 0 Å². The number of benzene rings is 1. The van der Waals surface area contributed by atoms with Crippen molar-refractivity contribution in [2.24, 2.45) is 5.92 Å². The molecule has 29 heavy (non-hydrogen) atoms. The summed E-state index contributed by atoms with van der Waals surface area (Å²) in [4.78, 5) is 24.7. The van der Waals surface area contributed by atoms with Crippen molar-refractivity contribution in [2.75, 3.05) is 6.54 Å². The Morgan fingerprint density at radius 1 is 1.21 bits per heavy atom. The van der Waals surface area contributed by atoms with E-state index in [-0.39, 0.29) is 5.91 Å². The lowest BCUT2D eigenvalue weighted by Gasteiger charge is -2.26. The van der Waals surface area contributed by atoms with Gasteiger partial charge in [-0.05, 0) is 55.2 Å². The van der Waals surface area contributed by atoms with Gasteiger partial charge in [-0.25, -0.2) is 9.97 Å². The van der Waals surface area contributed by atoms with Crippen molar-refractivity contribution in [1.29, 1.82) is 0 Å². The number of rotatable bonds is 6. The molecule has 6 heteroatoms. The third kappa shape index (κ3) is 4.30. The first-order valence-corrected chi connectivity index (χ1v) is 10.8. The molecule has 0 atom stereocenters. The molecule has 4 rings (SSSR count). The average molecular weight is 411 g/mol. The van der Waals surface area contributed by atoms with Crippen molar-refractivity contribution >= 4 is 28.7 Å². The van der Waals surface area contributed by atoms with Crippen LogP contribution < -0.4 is 0 Å². The lowest BCUT2D eigenvalue weighted by Crippen LogP contribution is -2.35. The summed E-state index contributed by atoms with van der Waals surface area (Å²) < 4.78 is 2.28. The number of hydrogen-bond donors (Lipinski definition) is 0. The Morgan fingerprint density at radius 2 is 1.93 bits per heavy atom. The molecular weight excluding hydrogens is 384 g/mol. The van der Waals surface area contributed by atoms with Crippen LogP contribution in [0.5, 0.6) is 0 Å². The third-order valence-electron chi connectivity index (χ3n) is 5.51. The fourth-order valence-corrected chi connectivity index (χ4v) is 4.37. The van der Waals surface area contributed by atoms with E-state index in [9.17, 15) is 4.79 Å². The summed E-state index contributed by atoms with van der Waals surface area (Å²) in [6.07, 6.45) is 6.57. The fraction of sp³-hybridized carbons (Fsp3) is 0.435. The Morgan fingerprint density at radius 3 is 2.62 bits per heavy atom. The molecule has 1 aliphatic rings. The van der Waals surface area contributed by atoms with E-state index in [0.29, 0.717) is 35.6 Å². The Labute approximate surface area is 176 Å². The second kappa shape index (κ2) is 8.54. The first-order valence-electron chi connectivity index (χ1n) is 10.4. The van der Waals surface area contributed by atoms with Crippen molar-refractivity contribution < 1.29 is 4.79 Å². The standard InChI is InChI=1S/C23H27ClN4O/c1-16(2)14-27(23(29)17-9-11-18(24)12-10-17)15-21-26-20-8-5-13-25-22(20)28(21)19-6-3-4-7-19/h5,8-13,16,19H,3-4,6-7,14-15H2,1-2H3. The van der Waals surface area contributed by atoms with E-state index in [1.54, 1.807) is 24.3 Å². The van der Waals surface area contributed by atoms with Crippen LogP contribution in [0.15, 0.2) is 42.6 Å². The number of hydrogen-bond acceptors (Lipinski definition) is 3. The number of nitrogens with zero attached hydrogens (tertiary/aromatic N) is 4. The highest BCUT2D eigenvalue weighted by Gasteiger charge is 2.26. The summed E-state index contributed by atoms with van der Waals surface area (Å²) in [5, 5.41) is 0.631. The quantitative estimate of drug-likeness (QED) is 0.539. The topological polar surface area (TPSA) is 51.0 Å². The maximum absolute atomic E-state index is 13.3. The molecular formula is C23H27ClN4O. The van der Waals surface area contributed by atoms with Crippen LogP contribution in [0, 0.1) is 5.92 Å². The van der Waals surface area contributed by atoms with Crippen LogP contribution in [-0.4, -0.2) is 31.9 Å². The number of carbonyl (C=O) groups is 1.